The number of nitrogens with one attached hydrogen (secondary N) is 1. The number of nitrogens with two attached hydrogens (primary N) is 1. The molecule has 16 heavy (non-hydrogen) atoms. The van der Waals surface area contributed by atoms with Gasteiger partial charge in [-0.05, 0) is 26.7 Å². The molecule has 90 valence electrons. The SMILES string of the molecule is CC(C)OCCCCNc1cc(N)ncn1. The molecule has 0 saturated carbocycles. The Hall–Kier alpha value is -1.36. The summed E-state index contributed by atoms with van der Waals surface area (Å²) in [7, 11) is 0. The van der Waals surface area contributed by atoms with Crippen molar-refractivity contribution in [2.75, 3.05) is 24.2 Å². The van der Waals surface area contributed by atoms with Crippen molar-refractivity contribution < 1.29 is 4.74 Å². The maximum Gasteiger partial charge on any atom is 0.131 e. The number of hydrogen-bond acceptors (Lipinski definition) is 5. The van der Waals surface area contributed by atoms with E-state index in [0.717, 1.165) is 31.8 Å². The van der Waals surface area contributed by atoms with Crippen LogP contribution in [0, 0.1) is 0 Å². The third kappa shape index (κ3) is 5.50. The van der Waals surface area contributed by atoms with E-state index in [-0.39, 0.29) is 0 Å². The van der Waals surface area contributed by atoms with Gasteiger partial charge in [-0.25, -0.2) is 9.97 Å². The van der Waals surface area contributed by atoms with Gasteiger partial charge in [0.2, 0.25) is 0 Å². The smallest absolute Gasteiger partial charge is 0.131 e. The van der Waals surface area contributed by atoms with Crippen LogP contribution in [0.25, 0.3) is 0 Å². The van der Waals surface area contributed by atoms with Crippen molar-refractivity contribution in [3.8, 4) is 0 Å². The molecule has 0 aromatic carbocycles. The minimum Gasteiger partial charge on any atom is -0.384 e. The number of ether oxygens (including phenoxy) is 1. The first-order valence-corrected chi connectivity index (χ1v) is 5.61. The van der Waals surface area contributed by atoms with Crippen molar-refractivity contribution >= 4 is 11.6 Å². The van der Waals surface area contributed by atoms with Gasteiger partial charge in [0.05, 0.1) is 6.10 Å². The lowest BCUT2D eigenvalue weighted by Crippen LogP contribution is -2.08. The Labute approximate surface area is 96.4 Å². The molecule has 1 aromatic heterocycles. The Morgan fingerprint density at radius 2 is 2.19 bits per heavy atom. The molecule has 1 heterocycles. The van der Waals surface area contributed by atoms with Crippen LogP contribution in [0.5, 0.6) is 0 Å². The number of unbranched alkanes of at least 4 members (excludes halogenated alkanes) is 1. The molecular formula is C11H20N4O. The number of hydrogen-bond donors (Lipinski definition) is 2. The van der Waals surface area contributed by atoms with Gasteiger partial charge in [-0.3, -0.25) is 0 Å². The largest absolute Gasteiger partial charge is 0.384 e. The predicted molar refractivity (Wildman–Crippen MR) is 65.3 cm³/mol. The first-order valence-electron chi connectivity index (χ1n) is 5.61. The van der Waals surface area contributed by atoms with Crippen molar-refractivity contribution in [2.45, 2.75) is 32.8 Å². The summed E-state index contributed by atoms with van der Waals surface area (Å²) in [4.78, 5) is 7.88. The van der Waals surface area contributed by atoms with Gasteiger partial charge in [-0.15, -0.1) is 0 Å². The molecule has 0 amide bonds. The van der Waals surface area contributed by atoms with Crippen molar-refractivity contribution in [1.29, 1.82) is 0 Å². The Bertz CT molecular complexity index is 304. The summed E-state index contributed by atoms with van der Waals surface area (Å²) in [6.07, 6.45) is 3.87. The maximum absolute atomic E-state index is 5.53. The molecule has 1 rings (SSSR count). The zero-order valence-electron chi connectivity index (χ0n) is 9.94. The van der Waals surface area contributed by atoms with E-state index in [9.17, 15) is 0 Å². The van der Waals surface area contributed by atoms with Gasteiger partial charge in [0, 0.05) is 19.2 Å². The fraction of sp³-hybridized carbons (Fsp3) is 0.636. The van der Waals surface area contributed by atoms with Gasteiger partial charge in [0.25, 0.3) is 0 Å². The van der Waals surface area contributed by atoms with E-state index in [1.165, 1.54) is 6.33 Å². The Morgan fingerprint density at radius 3 is 2.88 bits per heavy atom. The highest BCUT2D eigenvalue weighted by Gasteiger charge is 1.96. The van der Waals surface area contributed by atoms with E-state index in [1.807, 2.05) is 13.8 Å². The summed E-state index contributed by atoms with van der Waals surface area (Å²) < 4.78 is 5.44. The summed E-state index contributed by atoms with van der Waals surface area (Å²) in [5.41, 5.74) is 5.53. The highest BCUT2D eigenvalue weighted by molar-refractivity contribution is 5.42. The Balaban J connectivity index is 2.07. The molecule has 5 heteroatoms. The van der Waals surface area contributed by atoms with E-state index in [1.54, 1.807) is 6.07 Å². The average Bonchev–Trinajstić information content (AvgIpc) is 2.23. The molecule has 1 aromatic rings. The molecular weight excluding hydrogens is 204 g/mol. The van der Waals surface area contributed by atoms with Crippen molar-refractivity contribution in [2.24, 2.45) is 0 Å². The molecule has 0 saturated heterocycles. The van der Waals surface area contributed by atoms with Crippen LogP contribution in [0.4, 0.5) is 11.6 Å². The highest BCUT2D eigenvalue weighted by atomic mass is 16.5. The van der Waals surface area contributed by atoms with Crippen LogP contribution in [0.3, 0.4) is 0 Å². The third-order valence-electron chi connectivity index (χ3n) is 2.02. The van der Waals surface area contributed by atoms with Crippen molar-refractivity contribution in [1.82, 2.24) is 9.97 Å². The van der Waals surface area contributed by atoms with E-state index in [4.69, 9.17) is 10.5 Å². The standard InChI is InChI=1S/C11H20N4O/c1-9(2)16-6-4-3-5-13-11-7-10(12)14-8-15-11/h7-9H,3-6H2,1-2H3,(H3,12,13,14,15). The summed E-state index contributed by atoms with van der Waals surface area (Å²) in [6.45, 7) is 5.77. The molecule has 3 N–H and O–H groups in total. The first kappa shape index (κ1) is 12.7. The van der Waals surface area contributed by atoms with Gasteiger partial charge in [0.15, 0.2) is 0 Å². The van der Waals surface area contributed by atoms with E-state index >= 15 is 0 Å². The molecule has 0 aliphatic rings. The second-order valence-corrected chi connectivity index (χ2v) is 3.88. The molecule has 0 aliphatic heterocycles. The van der Waals surface area contributed by atoms with Crippen molar-refractivity contribution in [3.05, 3.63) is 12.4 Å². The van der Waals surface area contributed by atoms with Crippen LogP contribution < -0.4 is 11.1 Å². The second-order valence-electron chi connectivity index (χ2n) is 3.88. The summed E-state index contributed by atoms with van der Waals surface area (Å²) in [6, 6.07) is 1.73. The lowest BCUT2D eigenvalue weighted by atomic mass is 10.3. The predicted octanol–water partition coefficient (Wildman–Crippen LogP) is 1.68. The Morgan fingerprint density at radius 1 is 1.38 bits per heavy atom. The fourth-order valence-electron chi connectivity index (χ4n) is 1.23. The van der Waals surface area contributed by atoms with E-state index in [0.29, 0.717) is 11.9 Å². The van der Waals surface area contributed by atoms with E-state index in [2.05, 4.69) is 15.3 Å². The third-order valence-corrected chi connectivity index (χ3v) is 2.02. The fourth-order valence-corrected chi connectivity index (χ4v) is 1.23. The number of anilines is 2. The second kappa shape index (κ2) is 7.00. The monoisotopic (exact) mass is 224 g/mol. The molecule has 0 spiro atoms. The number of aromatic nitrogens is 2. The normalized spacial score (nSPS) is 10.7. The first-order chi connectivity index (χ1) is 7.68. The lowest BCUT2D eigenvalue weighted by molar-refractivity contribution is 0.0765. The number of nitrogen functional groups attached to an aromatic ring is 1. The minimum atomic E-state index is 0.314. The van der Waals surface area contributed by atoms with Crippen LogP contribution >= 0.6 is 0 Å². The molecule has 0 unspecified atom stereocenters. The molecule has 0 fully saturated rings. The van der Waals surface area contributed by atoms with Crippen LogP contribution in [0.15, 0.2) is 12.4 Å². The topological polar surface area (TPSA) is 73.1 Å². The summed E-state index contributed by atoms with van der Waals surface area (Å²) in [5, 5.41) is 3.19. The molecule has 5 nitrogen and oxygen atoms in total. The zero-order valence-corrected chi connectivity index (χ0v) is 9.94. The lowest BCUT2D eigenvalue weighted by Gasteiger charge is -2.08. The molecule has 0 atom stereocenters. The van der Waals surface area contributed by atoms with Crippen LogP contribution in [-0.2, 0) is 4.74 Å². The van der Waals surface area contributed by atoms with E-state index < -0.39 is 0 Å². The van der Waals surface area contributed by atoms with Gasteiger partial charge < -0.3 is 15.8 Å². The average molecular weight is 224 g/mol. The number of rotatable bonds is 7. The summed E-state index contributed by atoms with van der Waals surface area (Å²) >= 11 is 0. The highest BCUT2D eigenvalue weighted by Crippen LogP contribution is 2.04. The quantitative estimate of drug-likeness (QED) is 0.689. The maximum atomic E-state index is 5.53. The van der Waals surface area contributed by atoms with Gasteiger partial charge in [-0.2, -0.15) is 0 Å². The van der Waals surface area contributed by atoms with Crippen LogP contribution in [-0.4, -0.2) is 29.2 Å². The molecule has 0 aliphatic carbocycles. The van der Waals surface area contributed by atoms with Gasteiger partial charge >= 0.3 is 0 Å². The summed E-state index contributed by atoms with van der Waals surface area (Å²) in [5.74, 6) is 1.26. The zero-order chi connectivity index (χ0) is 11.8. The van der Waals surface area contributed by atoms with Crippen molar-refractivity contribution in [3.63, 3.8) is 0 Å². The molecule has 0 bridgehead atoms. The van der Waals surface area contributed by atoms with Crippen LogP contribution in [0.2, 0.25) is 0 Å². The minimum absolute atomic E-state index is 0.314. The Kier molecular flexibility index (Phi) is 5.56. The molecule has 0 radical (unpaired) electrons. The van der Waals surface area contributed by atoms with Gasteiger partial charge in [-0.1, -0.05) is 0 Å². The number of nitrogens with zero attached hydrogens (tertiary/aromatic N) is 2. The van der Waals surface area contributed by atoms with Gasteiger partial charge in [0.1, 0.15) is 18.0 Å². The van der Waals surface area contributed by atoms with Crippen LogP contribution in [0.1, 0.15) is 26.7 Å².